The van der Waals surface area contributed by atoms with E-state index in [0.29, 0.717) is 24.3 Å². The van der Waals surface area contributed by atoms with E-state index in [1.807, 2.05) is 42.2 Å². The summed E-state index contributed by atoms with van der Waals surface area (Å²) in [6.45, 7) is 6.81. The van der Waals surface area contributed by atoms with Crippen LogP contribution in [0.2, 0.25) is 0 Å². The lowest BCUT2D eigenvalue weighted by atomic mass is 10.1. The van der Waals surface area contributed by atoms with Crippen molar-refractivity contribution < 1.29 is 9.18 Å². The number of pyridine rings is 1. The fourth-order valence-corrected chi connectivity index (χ4v) is 3.72. The topological polar surface area (TPSA) is 54.3 Å². The van der Waals surface area contributed by atoms with Crippen molar-refractivity contribution in [3.05, 3.63) is 65.7 Å². The van der Waals surface area contributed by atoms with Crippen molar-refractivity contribution >= 4 is 11.7 Å². The third kappa shape index (κ3) is 4.20. The Kier molecular flexibility index (Phi) is 5.79. The Bertz CT molecular complexity index is 1030. The van der Waals surface area contributed by atoms with Crippen molar-refractivity contribution in [3.63, 3.8) is 0 Å². The minimum absolute atomic E-state index is 0.0510. The zero-order chi connectivity index (χ0) is 21.1. The maximum absolute atomic E-state index is 14.0. The highest BCUT2D eigenvalue weighted by molar-refractivity contribution is 5.76. The molecule has 0 radical (unpaired) electrons. The molecule has 1 fully saturated rings. The van der Waals surface area contributed by atoms with Gasteiger partial charge in [0.1, 0.15) is 18.2 Å². The average molecular weight is 407 g/mol. The van der Waals surface area contributed by atoms with Gasteiger partial charge in [-0.05, 0) is 43.2 Å². The highest BCUT2D eigenvalue weighted by atomic mass is 19.1. The number of hydrogen-bond acceptors (Lipinski definition) is 4. The molecule has 7 heteroatoms. The first kappa shape index (κ1) is 20.1. The number of hydrogen-bond donors (Lipinski definition) is 0. The van der Waals surface area contributed by atoms with Crippen LogP contribution >= 0.6 is 0 Å². The molecule has 1 aliphatic heterocycles. The number of anilines is 1. The van der Waals surface area contributed by atoms with Gasteiger partial charge in [0, 0.05) is 43.6 Å². The first-order valence-corrected chi connectivity index (χ1v) is 10.3. The van der Waals surface area contributed by atoms with Crippen LogP contribution in [0.4, 0.5) is 10.2 Å². The number of benzene rings is 1. The van der Waals surface area contributed by atoms with Gasteiger partial charge in [0.2, 0.25) is 5.91 Å². The summed E-state index contributed by atoms with van der Waals surface area (Å²) >= 11 is 0. The van der Waals surface area contributed by atoms with Gasteiger partial charge >= 0.3 is 0 Å². The van der Waals surface area contributed by atoms with Gasteiger partial charge in [0.05, 0.1) is 5.69 Å². The summed E-state index contributed by atoms with van der Waals surface area (Å²) in [5.74, 6) is 0.747. The second-order valence-electron chi connectivity index (χ2n) is 7.55. The van der Waals surface area contributed by atoms with E-state index < -0.39 is 0 Å². The largest absolute Gasteiger partial charge is 0.353 e. The lowest BCUT2D eigenvalue weighted by Gasteiger charge is -2.35. The summed E-state index contributed by atoms with van der Waals surface area (Å²) in [5.41, 5.74) is 2.99. The Balaban J connectivity index is 1.43. The van der Waals surface area contributed by atoms with Gasteiger partial charge in [-0.1, -0.05) is 25.1 Å². The van der Waals surface area contributed by atoms with E-state index in [4.69, 9.17) is 0 Å². The number of aromatic nitrogens is 3. The van der Waals surface area contributed by atoms with Gasteiger partial charge in [-0.15, -0.1) is 0 Å². The molecule has 3 heterocycles. The maximum atomic E-state index is 14.0. The number of aryl methyl sites for hydroxylation is 2. The Morgan fingerprint density at radius 3 is 2.57 bits per heavy atom. The number of carbonyl (C=O) groups excluding carboxylic acids is 1. The number of nitrogens with zero attached hydrogens (tertiary/aromatic N) is 5. The summed E-state index contributed by atoms with van der Waals surface area (Å²) in [5, 5.41) is 4.60. The standard InChI is InChI=1S/C23H26FN5O/c1-3-19-15-21(18-8-7-17(2)20(24)14-18)26-29(19)16-23(30)28-12-10-27(11-13-28)22-6-4-5-9-25-22/h4-9,14-15H,3,10-13,16H2,1-2H3. The van der Waals surface area contributed by atoms with Gasteiger partial charge in [0.25, 0.3) is 0 Å². The van der Waals surface area contributed by atoms with Crippen LogP contribution in [-0.4, -0.2) is 51.8 Å². The van der Waals surface area contributed by atoms with Gasteiger partial charge in [0.15, 0.2) is 0 Å². The molecule has 1 amide bonds. The summed E-state index contributed by atoms with van der Waals surface area (Å²) in [6.07, 6.45) is 2.54. The molecule has 2 aromatic heterocycles. The molecule has 3 aromatic rings. The van der Waals surface area contributed by atoms with Crippen LogP contribution in [0.3, 0.4) is 0 Å². The van der Waals surface area contributed by atoms with E-state index in [1.54, 1.807) is 23.9 Å². The van der Waals surface area contributed by atoms with Crippen LogP contribution in [0.15, 0.2) is 48.7 Å². The monoisotopic (exact) mass is 407 g/mol. The molecule has 0 bridgehead atoms. The lowest BCUT2D eigenvalue weighted by Crippen LogP contribution is -2.50. The van der Waals surface area contributed by atoms with Crippen molar-refractivity contribution in [2.75, 3.05) is 31.1 Å². The van der Waals surface area contributed by atoms with Crippen LogP contribution in [0.5, 0.6) is 0 Å². The van der Waals surface area contributed by atoms with Crippen molar-refractivity contribution in [2.24, 2.45) is 0 Å². The van der Waals surface area contributed by atoms with Crippen molar-refractivity contribution in [3.8, 4) is 11.3 Å². The first-order chi connectivity index (χ1) is 14.5. The Morgan fingerprint density at radius 1 is 1.10 bits per heavy atom. The van der Waals surface area contributed by atoms with Gasteiger partial charge in [-0.3, -0.25) is 9.48 Å². The molecule has 156 valence electrons. The number of amides is 1. The van der Waals surface area contributed by atoms with E-state index in [9.17, 15) is 9.18 Å². The predicted molar refractivity (Wildman–Crippen MR) is 115 cm³/mol. The summed E-state index contributed by atoms with van der Waals surface area (Å²) in [7, 11) is 0. The van der Waals surface area contributed by atoms with E-state index in [-0.39, 0.29) is 18.3 Å². The Morgan fingerprint density at radius 2 is 1.90 bits per heavy atom. The second-order valence-corrected chi connectivity index (χ2v) is 7.55. The predicted octanol–water partition coefficient (Wildman–Crippen LogP) is 3.30. The molecule has 1 aliphatic rings. The second kappa shape index (κ2) is 8.65. The van der Waals surface area contributed by atoms with Crippen LogP contribution < -0.4 is 4.90 Å². The van der Waals surface area contributed by atoms with Gasteiger partial charge in [-0.25, -0.2) is 9.37 Å². The van der Waals surface area contributed by atoms with E-state index >= 15 is 0 Å². The van der Waals surface area contributed by atoms with E-state index in [2.05, 4.69) is 15.0 Å². The molecule has 0 spiro atoms. The van der Waals surface area contributed by atoms with Crippen LogP contribution in [0.25, 0.3) is 11.3 Å². The average Bonchev–Trinajstić information content (AvgIpc) is 3.19. The Hall–Kier alpha value is -3.22. The number of rotatable bonds is 5. The maximum Gasteiger partial charge on any atom is 0.244 e. The molecule has 0 saturated carbocycles. The van der Waals surface area contributed by atoms with Crippen molar-refractivity contribution in [1.29, 1.82) is 0 Å². The molecule has 1 aromatic carbocycles. The van der Waals surface area contributed by atoms with Crippen molar-refractivity contribution in [2.45, 2.75) is 26.8 Å². The molecular formula is C23H26FN5O. The fourth-order valence-electron chi connectivity index (χ4n) is 3.72. The highest BCUT2D eigenvalue weighted by Crippen LogP contribution is 2.22. The zero-order valence-corrected chi connectivity index (χ0v) is 17.4. The number of halogens is 1. The number of carbonyl (C=O) groups is 1. The molecule has 0 atom stereocenters. The molecule has 1 saturated heterocycles. The molecule has 4 rings (SSSR count). The summed E-state index contributed by atoms with van der Waals surface area (Å²) < 4.78 is 15.7. The minimum Gasteiger partial charge on any atom is -0.353 e. The number of piperazine rings is 1. The minimum atomic E-state index is -0.248. The van der Waals surface area contributed by atoms with Gasteiger partial charge < -0.3 is 9.80 Å². The lowest BCUT2D eigenvalue weighted by molar-refractivity contribution is -0.132. The normalized spacial score (nSPS) is 14.2. The summed E-state index contributed by atoms with van der Waals surface area (Å²) in [6, 6.07) is 12.9. The highest BCUT2D eigenvalue weighted by Gasteiger charge is 2.23. The van der Waals surface area contributed by atoms with Crippen LogP contribution in [0.1, 0.15) is 18.2 Å². The van der Waals surface area contributed by atoms with Crippen LogP contribution in [-0.2, 0) is 17.8 Å². The smallest absolute Gasteiger partial charge is 0.244 e. The Labute approximate surface area is 175 Å². The van der Waals surface area contributed by atoms with E-state index in [0.717, 1.165) is 36.6 Å². The summed E-state index contributed by atoms with van der Waals surface area (Å²) in [4.78, 5) is 21.4. The zero-order valence-electron chi connectivity index (χ0n) is 17.4. The first-order valence-electron chi connectivity index (χ1n) is 10.3. The third-order valence-corrected chi connectivity index (χ3v) is 5.58. The van der Waals surface area contributed by atoms with E-state index in [1.165, 1.54) is 6.07 Å². The molecule has 0 unspecified atom stereocenters. The fraction of sp³-hybridized carbons (Fsp3) is 0.348. The third-order valence-electron chi connectivity index (χ3n) is 5.58. The molecule has 0 N–H and O–H groups in total. The quantitative estimate of drug-likeness (QED) is 0.651. The van der Waals surface area contributed by atoms with Crippen LogP contribution in [0, 0.1) is 12.7 Å². The van der Waals surface area contributed by atoms with Gasteiger partial charge in [-0.2, -0.15) is 5.10 Å². The van der Waals surface area contributed by atoms with Crippen molar-refractivity contribution in [1.82, 2.24) is 19.7 Å². The molecule has 6 nitrogen and oxygen atoms in total. The SMILES string of the molecule is CCc1cc(-c2ccc(C)c(F)c2)nn1CC(=O)N1CCN(c2ccccn2)CC1. The molecule has 30 heavy (non-hydrogen) atoms. The molecule has 0 aliphatic carbocycles. The molecular weight excluding hydrogens is 381 g/mol.